The minimum Gasteiger partial charge on any atom is -0.464 e. The van der Waals surface area contributed by atoms with E-state index in [2.05, 4.69) is 15.3 Å². The summed E-state index contributed by atoms with van der Waals surface area (Å²) in [6.45, 7) is 3.20. The van der Waals surface area contributed by atoms with Crippen LogP contribution in [0.25, 0.3) is 22.8 Å². The van der Waals surface area contributed by atoms with Gasteiger partial charge in [0.05, 0.1) is 12.1 Å². The van der Waals surface area contributed by atoms with Gasteiger partial charge in [-0.2, -0.15) is 0 Å². The molecule has 0 aliphatic rings. The number of rotatable bonds is 4. The van der Waals surface area contributed by atoms with Crippen LogP contribution in [-0.4, -0.2) is 29.0 Å². The lowest BCUT2D eigenvalue weighted by Gasteiger charge is -2.05. The predicted octanol–water partition coefficient (Wildman–Crippen LogP) is 4.11. The second kappa shape index (κ2) is 7.59. The standard InChI is InChI=1S/C19H16ClN3O4/c1-10-9-21-15(22-11(2)24)8-13(10)18-23-16(19(25)26-3)17(27-18)12-6-4-5-7-14(12)20/h4-9H,1-3H3,(H,21,22,24). The van der Waals surface area contributed by atoms with Gasteiger partial charge in [-0.25, -0.2) is 14.8 Å². The summed E-state index contributed by atoms with van der Waals surface area (Å²) in [6.07, 6.45) is 1.58. The topological polar surface area (TPSA) is 94.3 Å². The number of ether oxygens (including phenoxy) is 1. The zero-order valence-corrected chi connectivity index (χ0v) is 15.6. The van der Waals surface area contributed by atoms with E-state index in [1.54, 1.807) is 36.5 Å². The highest BCUT2D eigenvalue weighted by Gasteiger charge is 2.25. The monoisotopic (exact) mass is 385 g/mol. The van der Waals surface area contributed by atoms with Gasteiger partial charge in [0.2, 0.25) is 11.8 Å². The fraction of sp³-hybridized carbons (Fsp3) is 0.158. The molecule has 138 valence electrons. The number of carbonyl (C=O) groups is 2. The van der Waals surface area contributed by atoms with Crippen LogP contribution in [0.1, 0.15) is 23.0 Å². The highest BCUT2D eigenvalue weighted by Crippen LogP contribution is 2.35. The third kappa shape index (κ3) is 3.83. The van der Waals surface area contributed by atoms with Crippen LogP contribution in [0.4, 0.5) is 5.82 Å². The van der Waals surface area contributed by atoms with E-state index in [-0.39, 0.29) is 23.3 Å². The van der Waals surface area contributed by atoms with E-state index in [1.807, 2.05) is 6.92 Å². The summed E-state index contributed by atoms with van der Waals surface area (Å²) in [5.74, 6) is -0.151. The Kier molecular flexibility index (Phi) is 5.23. The first kappa shape index (κ1) is 18.6. The van der Waals surface area contributed by atoms with Crippen molar-refractivity contribution in [1.29, 1.82) is 0 Å². The Labute approximate surface area is 160 Å². The fourth-order valence-electron chi connectivity index (χ4n) is 2.50. The summed E-state index contributed by atoms with van der Waals surface area (Å²) in [5.41, 5.74) is 1.87. The van der Waals surface area contributed by atoms with Gasteiger partial charge in [0, 0.05) is 24.2 Å². The molecular weight excluding hydrogens is 370 g/mol. The minimum absolute atomic E-state index is 0.0119. The number of benzene rings is 1. The zero-order valence-electron chi connectivity index (χ0n) is 14.9. The molecule has 0 fully saturated rings. The van der Waals surface area contributed by atoms with Crippen molar-refractivity contribution < 1.29 is 18.7 Å². The lowest BCUT2D eigenvalue weighted by atomic mass is 10.1. The van der Waals surface area contributed by atoms with Crippen LogP contribution < -0.4 is 5.32 Å². The van der Waals surface area contributed by atoms with Crippen LogP contribution in [0, 0.1) is 6.92 Å². The van der Waals surface area contributed by atoms with Crippen LogP contribution in [0.3, 0.4) is 0 Å². The Morgan fingerprint density at radius 2 is 1.96 bits per heavy atom. The maximum atomic E-state index is 12.2. The lowest BCUT2D eigenvalue weighted by molar-refractivity contribution is -0.114. The van der Waals surface area contributed by atoms with Crippen molar-refractivity contribution in [3.05, 3.63) is 52.8 Å². The molecule has 0 unspecified atom stereocenters. The van der Waals surface area contributed by atoms with Crippen LogP contribution in [-0.2, 0) is 9.53 Å². The maximum Gasteiger partial charge on any atom is 0.360 e. The predicted molar refractivity (Wildman–Crippen MR) is 101 cm³/mol. The SMILES string of the molecule is COC(=O)c1nc(-c2cc(NC(C)=O)ncc2C)oc1-c1ccccc1Cl. The van der Waals surface area contributed by atoms with Gasteiger partial charge in [0.25, 0.3) is 0 Å². The van der Waals surface area contributed by atoms with Crippen LogP contribution in [0.2, 0.25) is 5.02 Å². The van der Waals surface area contributed by atoms with E-state index in [1.165, 1.54) is 14.0 Å². The molecule has 0 bridgehead atoms. The second-order valence-electron chi connectivity index (χ2n) is 5.73. The summed E-state index contributed by atoms with van der Waals surface area (Å²) < 4.78 is 10.7. The number of aromatic nitrogens is 2. The summed E-state index contributed by atoms with van der Waals surface area (Å²) in [7, 11) is 1.26. The average Bonchev–Trinajstić information content (AvgIpc) is 3.07. The van der Waals surface area contributed by atoms with Gasteiger partial charge in [-0.3, -0.25) is 4.79 Å². The molecule has 0 saturated heterocycles. The molecule has 0 spiro atoms. The van der Waals surface area contributed by atoms with Gasteiger partial charge in [-0.1, -0.05) is 23.7 Å². The molecule has 1 amide bonds. The van der Waals surface area contributed by atoms with Crippen molar-refractivity contribution in [3.63, 3.8) is 0 Å². The Morgan fingerprint density at radius 3 is 2.63 bits per heavy atom. The van der Waals surface area contributed by atoms with Gasteiger partial charge in [-0.15, -0.1) is 0 Å². The van der Waals surface area contributed by atoms with Crippen molar-refractivity contribution in [3.8, 4) is 22.8 Å². The molecular formula is C19H16ClN3O4. The summed E-state index contributed by atoms with van der Waals surface area (Å²) >= 11 is 6.25. The maximum absolute atomic E-state index is 12.2. The summed E-state index contributed by atoms with van der Waals surface area (Å²) in [6, 6.07) is 8.58. The molecule has 7 nitrogen and oxygen atoms in total. The number of aryl methyl sites for hydroxylation is 1. The number of carbonyl (C=O) groups excluding carboxylic acids is 2. The Balaban J connectivity index is 2.17. The average molecular weight is 386 g/mol. The number of nitrogens with zero attached hydrogens (tertiary/aromatic N) is 2. The number of anilines is 1. The smallest absolute Gasteiger partial charge is 0.360 e. The first-order valence-electron chi connectivity index (χ1n) is 7.99. The zero-order chi connectivity index (χ0) is 19.6. The number of esters is 1. The van der Waals surface area contributed by atoms with E-state index >= 15 is 0 Å². The molecule has 0 saturated carbocycles. The van der Waals surface area contributed by atoms with Gasteiger partial charge in [-0.05, 0) is 30.7 Å². The van der Waals surface area contributed by atoms with Crippen molar-refractivity contribution in [2.45, 2.75) is 13.8 Å². The number of oxazole rings is 1. The Bertz CT molecular complexity index is 1030. The van der Waals surface area contributed by atoms with E-state index in [0.717, 1.165) is 5.56 Å². The number of hydrogen-bond acceptors (Lipinski definition) is 6. The van der Waals surface area contributed by atoms with Crippen molar-refractivity contribution in [2.75, 3.05) is 12.4 Å². The van der Waals surface area contributed by atoms with Gasteiger partial charge < -0.3 is 14.5 Å². The third-order valence-electron chi connectivity index (χ3n) is 3.76. The Morgan fingerprint density at radius 1 is 1.22 bits per heavy atom. The number of hydrogen-bond donors (Lipinski definition) is 1. The molecule has 27 heavy (non-hydrogen) atoms. The lowest BCUT2D eigenvalue weighted by Crippen LogP contribution is -2.07. The number of pyridine rings is 1. The number of methoxy groups -OCH3 is 1. The first-order valence-corrected chi connectivity index (χ1v) is 8.37. The van der Waals surface area contributed by atoms with Crippen molar-refractivity contribution >= 4 is 29.3 Å². The van der Waals surface area contributed by atoms with Crippen molar-refractivity contribution in [2.24, 2.45) is 0 Å². The molecule has 8 heteroatoms. The quantitative estimate of drug-likeness (QED) is 0.679. The van der Waals surface area contributed by atoms with E-state index in [0.29, 0.717) is 22.0 Å². The molecule has 1 aromatic carbocycles. The van der Waals surface area contributed by atoms with E-state index in [9.17, 15) is 9.59 Å². The second-order valence-corrected chi connectivity index (χ2v) is 6.14. The molecule has 2 heterocycles. The van der Waals surface area contributed by atoms with E-state index in [4.69, 9.17) is 20.8 Å². The third-order valence-corrected chi connectivity index (χ3v) is 4.09. The van der Waals surface area contributed by atoms with Crippen molar-refractivity contribution in [1.82, 2.24) is 9.97 Å². The molecule has 3 rings (SSSR count). The fourth-order valence-corrected chi connectivity index (χ4v) is 2.72. The molecule has 0 aliphatic heterocycles. The first-order chi connectivity index (χ1) is 12.9. The van der Waals surface area contributed by atoms with Crippen LogP contribution in [0.15, 0.2) is 40.9 Å². The summed E-state index contributed by atoms with van der Waals surface area (Å²) in [5, 5.41) is 3.02. The largest absolute Gasteiger partial charge is 0.464 e. The summed E-state index contributed by atoms with van der Waals surface area (Å²) in [4.78, 5) is 31.9. The normalized spacial score (nSPS) is 10.5. The molecule has 2 aromatic heterocycles. The molecule has 3 aromatic rings. The van der Waals surface area contributed by atoms with E-state index < -0.39 is 5.97 Å². The highest BCUT2D eigenvalue weighted by molar-refractivity contribution is 6.33. The number of nitrogens with one attached hydrogen (secondary N) is 1. The van der Waals surface area contributed by atoms with Crippen LogP contribution >= 0.6 is 11.6 Å². The minimum atomic E-state index is -0.645. The number of amides is 1. The Hall–Kier alpha value is -3.19. The molecule has 0 aliphatic carbocycles. The molecule has 0 radical (unpaired) electrons. The van der Waals surface area contributed by atoms with Gasteiger partial charge in [0.1, 0.15) is 5.82 Å². The molecule has 1 N–H and O–H groups in total. The number of halogens is 1. The van der Waals surface area contributed by atoms with Crippen LogP contribution in [0.5, 0.6) is 0 Å². The van der Waals surface area contributed by atoms with Gasteiger partial charge in [0.15, 0.2) is 11.5 Å². The molecule has 0 atom stereocenters. The highest BCUT2D eigenvalue weighted by atomic mass is 35.5. The van der Waals surface area contributed by atoms with Gasteiger partial charge >= 0.3 is 5.97 Å².